The average molecular weight is 424 g/mol. The second-order valence-corrected chi connectivity index (χ2v) is 8.95. The third-order valence-corrected chi connectivity index (χ3v) is 6.78. The minimum absolute atomic E-state index is 0.128. The Labute approximate surface area is 181 Å². The van der Waals surface area contributed by atoms with E-state index in [0.29, 0.717) is 29.7 Å². The Bertz CT molecular complexity index is 1020. The number of rotatable bonds is 3. The van der Waals surface area contributed by atoms with Crippen LogP contribution in [0.3, 0.4) is 0 Å². The number of H-pyrrole nitrogens is 1. The second kappa shape index (κ2) is 7.52. The molecule has 10 heteroatoms. The van der Waals surface area contributed by atoms with Crippen molar-refractivity contribution >= 4 is 34.8 Å². The van der Waals surface area contributed by atoms with Crippen molar-refractivity contribution in [1.82, 2.24) is 20.1 Å². The predicted octanol–water partition coefficient (Wildman–Crippen LogP) is 1.26. The Hall–Kier alpha value is -3.14. The van der Waals surface area contributed by atoms with Crippen molar-refractivity contribution in [1.29, 1.82) is 0 Å². The van der Waals surface area contributed by atoms with E-state index in [4.69, 9.17) is 16.5 Å². The molecular formula is C21H29N9O. The molecular weight excluding hydrogens is 394 g/mol. The number of hydrogen-bond donors (Lipinski definition) is 4. The fraction of sp³-hybridized carbons (Fsp3) is 0.524. The lowest BCUT2D eigenvalue weighted by atomic mass is 9.80. The molecule has 0 bridgehead atoms. The van der Waals surface area contributed by atoms with Crippen molar-refractivity contribution in [3.8, 4) is 0 Å². The van der Waals surface area contributed by atoms with Crippen LogP contribution in [-0.4, -0.2) is 64.0 Å². The van der Waals surface area contributed by atoms with Crippen molar-refractivity contribution in [3.63, 3.8) is 0 Å². The molecule has 3 aliphatic heterocycles. The number of nitrogens with zero attached hydrogens (tertiary/aromatic N) is 5. The summed E-state index contributed by atoms with van der Waals surface area (Å²) in [5.74, 6) is 1.53. The monoisotopic (exact) mass is 423 g/mol. The van der Waals surface area contributed by atoms with Gasteiger partial charge in [-0.2, -0.15) is 5.10 Å². The molecule has 2 aromatic rings. The number of anilines is 3. The van der Waals surface area contributed by atoms with Gasteiger partial charge in [0.25, 0.3) is 0 Å². The molecule has 164 valence electrons. The van der Waals surface area contributed by atoms with Crippen molar-refractivity contribution in [2.75, 3.05) is 36.4 Å². The number of aliphatic imine (C=N–C) groups is 1. The molecule has 5 rings (SSSR count). The summed E-state index contributed by atoms with van der Waals surface area (Å²) in [6.45, 7) is 5.27. The van der Waals surface area contributed by atoms with Gasteiger partial charge in [-0.05, 0) is 49.8 Å². The Kier molecular flexibility index (Phi) is 4.81. The molecule has 3 aliphatic rings. The van der Waals surface area contributed by atoms with Gasteiger partial charge in [0.1, 0.15) is 11.5 Å². The number of nitrogens with two attached hydrogens (primary N) is 2. The standard InChI is InChI=1S/C21H29N9O/c1-21(12-22)6-10-29(11-7-21)19-15(17(23)31)25-16-18(26-19)27-28-20(16)30-9-3-4-13-14(30)5-2-8-24-13/h2,5,8,15,25H,3-4,6-7,9-12,22H2,1H3,(H2,23,31)(H,27,28). The third-order valence-electron chi connectivity index (χ3n) is 6.78. The predicted molar refractivity (Wildman–Crippen MR) is 120 cm³/mol. The number of hydrogen-bond acceptors (Lipinski definition) is 8. The molecule has 0 spiro atoms. The molecule has 0 radical (unpaired) electrons. The van der Waals surface area contributed by atoms with Gasteiger partial charge in [-0.15, -0.1) is 0 Å². The van der Waals surface area contributed by atoms with Gasteiger partial charge in [-0.1, -0.05) is 6.92 Å². The van der Waals surface area contributed by atoms with Gasteiger partial charge >= 0.3 is 0 Å². The zero-order valence-electron chi connectivity index (χ0n) is 17.8. The van der Waals surface area contributed by atoms with Crippen LogP contribution < -0.4 is 21.7 Å². The normalized spacial score (nSPS) is 22.3. The number of amidine groups is 1. The first-order valence-electron chi connectivity index (χ1n) is 10.9. The van der Waals surface area contributed by atoms with E-state index in [-0.39, 0.29) is 5.41 Å². The SMILES string of the molecule is CC1(CN)CCN(C2=Nc3[nH]nc(N4CCCc5ncccc54)c3NC2C(N)=O)CC1. The smallest absolute Gasteiger partial charge is 0.247 e. The molecule has 0 aromatic carbocycles. The Morgan fingerprint density at radius 3 is 2.87 bits per heavy atom. The number of nitrogens with one attached hydrogen (secondary N) is 2. The van der Waals surface area contributed by atoms with Crippen LogP contribution in [0.25, 0.3) is 0 Å². The highest BCUT2D eigenvalue weighted by Gasteiger charge is 2.38. The number of fused-ring (bicyclic) bond motifs is 2. The van der Waals surface area contributed by atoms with E-state index in [2.05, 4.69) is 37.2 Å². The van der Waals surface area contributed by atoms with E-state index in [1.165, 1.54) is 0 Å². The van der Waals surface area contributed by atoms with E-state index < -0.39 is 11.9 Å². The van der Waals surface area contributed by atoms with Gasteiger partial charge in [-0.3, -0.25) is 14.9 Å². The Balaban J connectivity index is 1.48. The van der Waals surface area contributed by atoms with Gasteiger partial charge in [0.05, 0.1) is 11.4 Å². The van der Waals surface area contributed by atoms with Gasteiger partial charge < -0.3 is 26.6 Å². The van der Waals surface area contributed by atoms with Crippen LogP contribution in [0.1, 0.15) is 31.9 Å². The molecule has 1 unspecified atom stereocenters. The summed E-state index contributed by atoms with van der Waals surface area (Å²) in [5, 5.41) is 10.9. The third kappa shape index (κ3) is 3.40. The number of primary amides is 1. The maximum Gasteiger partial charge on any atom is 0.247 e. The molecule has 10 nitrogen and oxygen atoms in total. The van der Waals surface area contributed by atoms with Gasteiger partial charge in [0, 0.05) is 25.8 Å². The van der Waals surface area contributed by atoms with Crippen LogP contribution in [0.5, 0.6) is 0 Å². The topological polar surface area (TPSA) is 142 Å². The summed E-state index contributed by atoms with van der Waals surface area (Å²) in [6, 6.07) is 3.27. The Morgan fingerprint density at radius 1 is 1.32 bits per heavy atom. The summed E-state index contributed by atoms with van der Waals surface area (Å²) in [4.78, 5) is 26.0. The van der Waals surface area contributed by atoms with E-state index in [1.54, 1.807) is 0 Å². The number of pyridine rings is 1. The summed E-state index contributed by atoms with van der Waals surface area (Å²) < 4.78 is 0. The molecule has 2 aromatic heterocycles. The maximum atomic E-state index is 12.4. The number of aromatic amines is 1. The highest BCUT2D eigenvalue weighted by Crippen LogP contribution is 2.42. The number of piperidine rings is 1. The highest BCUT2D eigenvalue weighted by atomic mass is 16.1. The summed E-state index contributed by atoms with van der Waals surface area (Å²) in [5.41, 5.74) is 14.7. The number of aryl methyl sites for hydroxylation is 1. The first-order chi connectivity index (χ1) is 15.0. The number of carbonyl (C=O) groups excluding carboxylic acids is 1. The van der Waals surface area contributed by atoms with E-state index in [9.17, 15) is 4.79 Å². The Morgan fingerprint density at radius 2 is 2.13 bits per heavy atom. The number of carbonyl (C=O) groups is 1. The fourth-order valence-electron chi connectivity index (χ4n) is 4.67. The summed E-state index contributed by atoms with van der Waals surface area (Å²) in [6.07, 6.45) is 5.64. The second-order valence-electron chi connectivity index (χ2n) is 8.95. The zero-order valence-corrected chi connectivity index (χ0v) is 17.8. The van der Waals surface area contributed by atoms with Crippen LogP contribution in [0.15, 0.2) is 23.3 Å². The van der Waals surface area contributed by atoms with Gasteiger partial charge in [0.2, 0.25) is 5.91 Å². The van der Waals surface area contributed by atoms with Crippen LogP contribution in [0.2, 0.25) is 0 Å². The molecule has 1 fully saturated rings. The number of amides is 1. The average Bonchev–Trinajstić information content (AvgIpc) is 3.21. The quantitative estimate of drug-likeness (QED) is 0.582. The number of aromatic nitrogens is 3. The molecule has 0 saturated carbocycles. The first-order valence-corrected chi connectivity index (χ1v) is 10.9. The summed E-state index contributed by atoms with van der Waals surface area (Å²) in [7, 11) is 0. The van der Waals surface area contributed by atoms with Crippen LogP contribution in [-0.2, 0) is 11.2 Å². The van der Waals surface area contributed by atoms with Gasteiger partial charge in [0.15, 0.2) is 17.7 Å². The van der Waals surface area contributed by atoms with Crippen molar-refractivity contribution in [2.24, 2.45) is 21.9 Å². The fourth-order valence-corrected chi connectivity index (χ4v) is 4.67. The van der Waals surface area contributed by atoms with Crippen LogP contribution in [0, 0.1) is 5.41 Å². The van der Waals surface area contributed by atoms with Crippen molar-refractivity contribution in [3.05, 3.63) is 24.0 Å². The lowest BCUT2D eigenvalue weighted by Gasteiger charge is -2.42. The molecule has 5 heterocycles. The highest BCUT2D eigenvalue weighted by molar-refractivity contribution is 6.12. The lowest BCUT2D eigenvalue weighted by molar-refractivity contribution is -0.117. The van der Waals surface area contributed by atoms with E-state index in [0.717, 1.165) is 56.7 Å². The molecule has 1 atom stereocenters. The molecule has 1 saturated heterocycles. The summed E-state index contributed by atoms with van der Waals surface area (Å²) >= 11 is 0. The minimum Gasteiger partial charge on any atom is -0.367 e. The lowest BCUT2D eigenvalue weighted by Crippen LogP contribution is -2.54. The molecule has 0 aliphatic carbocycles. The largest absolute Gasteiger partial charge is 0.367 e. The van der Waals surface area contributed by atoms with E-state index in [1.807, 2.05) is 18.3 Å². The van der Waals surface area contributed by atoms with Crippen LogP contribution in [0.4, 0.5) is 23.0 Å². The molecule has 31 heavy (non-hydrogen) atoms. The van der Waals surface area contributed by atoms with Gasteiger partial charge in [-0.25, -0.2) is 4.99 Å². The van der Waals surface area contributed by atoms with Crippen molar-refractivity contribution < 1.29 is 4.79 Å². The van der Waals surface area contributed by atoms with Crippen molar-refractivity contribution in [2.45, 2.75) is 38.6 Å². The molecule has 6 N–H and O–H groups in total. The maximum absolute atomic E-state index is 12.4. The van der Waals surface area contributed by atoms with E-state index >= 15 is 0 Å². The number of likely N-dealkylation sites (tertiary alicyclic amines) is 1. The van der Waals surface area contributed by atoms with Crippen LogP contribution >= 0.6 is 0 Å². The minimum atomic E-state index is -0.704. The molecule has 1 amide bonds. The zero-order chi connectivity index (χ0) is 21.6. The first kappa shape index (κ1) is 19.8.